The molecule has 0 radical (unpaired) electrons. The Kier molecular flexibility index (Phi) is 4.64. The van der Waals surface area contributed by atoms with Gasteiger partial charge in [0.25, 0.3) is 0 Å². The van der Waals surface area contributed by atoms with Crippen LogP contribution in [0.25, 0.3) is 22.4 Å². The Hall–Kier alpha value is -2.25. The predicted molar refractivity (Wildman–Crippen MR) is 99.3 cm³/mol. The van der Waals surface area contributed by atoms with Crippen LogP contribution in [0.3, 0.4) is 0 Å². The van der Waals surface area contributed by atoms with Crippen LogP contribution >= 0.6 is 34.8 Å². The minimum atomic E-state index is 0.0981. The fourth-order valence-electron chi connectivity index (χ4n) is 2.44. The number of pyridine rings is 1. The zero-order valence-corrected chi connectivity index (χ0v) is 14.5. The van der Waals surface area contributed by atoms with Crippen LogP contribution in [-0.4, -0.2) is 4.98 Å². The van der Waals surface area contributed by atoms with E-state index in [0.29, 0.717) is 37.5 Å². The van der Waals surface area contributed by atoms with Crippen molar-refractivity contribution < 1.29 is 0 Å². The monoisotopic (exact) mass is 373 g/mol. The Bertz CT molecular complexity index is 957. The van der Waals surface area contributed by atoms with Crippen molar-refractivity contribution in [2.24, 2.45) is 0 Å². The van der Waals surface area contributed by atoms with Crippen LogP contribution in [0.5, 0.6) is 0 Å². The fraction of sp³-hybridized carbons (Fsp3) is 0. The predicted octanol–water partition coefficient (Wildman–Crippen LogP) is 5.83. The number of nitrogens with zero attached hydrogens (tertiary/aromatic N) is 2. The Morgan fingerprint density at radius 3 is 2.12 bits per heavy atom. The highest BCUT2D eigenvalue weighted by Gasteiger charge is 2.18. The van der Waals surface area contributed by atoms with E-state index >= 15 is 0 Å². The van der Waals surface area contributed by atoms with E-state index in [4.69, 9.17) is 40.5 Å². The standard InChI is InChI=1S/C18H10Cl3N3/c19-13-5-2-1-4-10(13)16-8-11(12(9-22)18(23)24-16)17-14(20)6-3-7-15(17)21/h1-8H,(H2,23,24). The maximum Gasteiger partial charge on any atom is 0.142 e. The highest BCUT2D eigenvalue weighted by Crippen LogP contribution is 2.40. The van der Waals surface area contributed by atoms with E-state index in [1.165, 1.54) is 0 Å². The molecule has 1 aromatic heterocycles. The topological polar surface area (TPSA) is 62.7 Å². The molecule has 1 heterocycles. The number of hydrogen-bond acceptors (Lipinski definition) is 3. The minimum Gasteiger partial charge on any atom is -0.383 e. The number of aromatic nitrogens is 1. The maximum absolute atomic E-state index is 9.48. The van der Waals surface area contributed by atoms with Gasteiger partial charge in [0.2, 0.25) is 0 Å². The highest BCUT2D eigenvalue weighted by atomic mass is 35.5. The molecule has 2 aromatic carbocycles. The largest absolute Gasteiger partial charge is 0.383 e. The SMILES string of the molecule is N#Cc1c(-c2c(Cl)cccc2Cl)cc(-c2ccccc2Cl)nc1N. The molecule has 3 nitrogen and oxygen atoms in total. The van der Waals surface area contributed by atoms with Crippen LogP contribution in [0.1, 0.15) is 5.56 Å². The molecule has 0 aliphatic rings. The van der Waals surface area contributed by atoms with Gasteiger partial charge in [0.15, 0.2) is 0 Å². The molecule has 0 unspecified atom stereocenters. The molecule has 0 amide bonds. The zero-order valence-electron chi connectivity index (χ0n) is 12.2. The minimum absolute atomic E-state index is 0.0981. The average molecular weight is 375 g/mol. The van der Waals surface area contributed by atoms with Gasteiger partial charge in [-0.15, -0.1) is 0 Å². The molecule has 0 fully saturated rings. The van der Waals surface area contributed by atoms with Gasteiger partial charge in [-0.05, 0) is 24.3 Å². The Morgan fingerprint density at radius 1 is 0.875 bits per heavy atom. The quantitative estimate of drug-likeness (QED) is 0.614. The van der Waals surface area contributed by atoms with Crippen molar-refractivity contribution in [3.8, 4) is 28.5 Å². The second kappa shape index (κ2) is 6.70. The van der Waals surface area contributed by atoms with Gasteiger partial charge in [0, 0.05) is 31.8 Å². The molecule has 0 aliphatic heterocycles. The number of halogens is 3. The van der Waals surface area contributed by atoms with Crippen LogP contribution < -0.4 is 5.73 Å². The summed E-state index contributed by atoms with van der Waals surface area (Å²) in [5.41, 5.74) is 8.54. The molecular formula is C18H10Cl3N3. The second-order valence-electron chi connectivity index (χ2n) is 5.00. The van der Waals surface area contributed by atoms with Gasteiger partial charge < -0.3 is 5.73 Å². The number of benzene rings is 2. The lowest BCUT2D eigenvalue weighted by Crippen LogP contribution is -2.00. The van der Waals surface area contributed by atoms with Crippen LogP contribution in [0.15, 0.2) is 48.5 Å². The van der Waals surface area contributed by atoms with Gasteiger partial charge in [-0.2, -0.15) is 5.26 Å². The van der Waals surface area contributed by atoms with Gasteiger partial charge >= 0.3 is 0 Å². The summed E-state index contributed by atoms with van der Waals surface area (Å²) >= 11 is 18.8. The lowest BCUT2D eigenvalue weighted by molar-refractivity contribution is 1.31. The molecule has 24 heavy (non-hydrogen) atoms. The van der Waals surface area contributed by atoms with Crippen LogP contribution in [0, 0.1) is 11.3 Å². The van der Waals surface area contributed by atoms with Crippen molar-refractivity contribution in [1.29, 1.82) is 5.26 Å². The molecular weight excluding hydrogens is 365 g/mol. The molecule has 0 atom stereocenters. The van der Waals surface area contributed by atoms with Crippen molar-refractivity contribution in [2.45, 2.75) is 0 Å². The molecule has 0 saturated heterocycles. The number of nitrogen functional groups attached to an aromatic ring is 1. The molecule has 2 N–H and O–H groups in total. The van der Waals surface area contributed by atoms with Crippen molar-refractivity contribution in [3.05, 3.63) is 69.2 Å². The van der Waals surface area contributed by atoms with E-state index < -0.39 is 0 Å². The van der Waals surface area contributed by atoms with Gasteiger partial charge in [-0.3, -0.25) is 0 Å². The third-order valence-corrected chi connectivity index (χ3v) is 4.50. The number of rotatable bonds is 2. The molecule has 0 saturated carbocycles. The summed E-state index contributed by atoms with van der Waals surface area (Å²) in [7, 11) is 0. The van der Waals surface area contributed by atoms with E-state index in [9.17, 15) is 5.26 Å². The zero-order chi connectivity index (χ0) is 17.3. The lowest BCUT2D eigenvalue weighted by Gasteiger charge is -2.13. The molecule has 0 spiro atoms. The van der Waals surface area contributed by atoms with Crippen molar-refractivity contribution >= 4 is 40.6 Å². The molecule has 6 heteroatoms. The number of anilines is 1. The van der Waals surface area contributed by atoms with E-state index in [1.54, 1.807) is 30.3 Å². The molecule has 118 valence electrons. The van der Waals surface area contributed by atoms with Crippen LogP contribution in [0.4, 0.5) is 5.82 Å². The van der Waals surface area contributed by atoms with E-state index in [2.05, 4.69) is 11.1 Å². The average Bonchev–Trinajstić information content (AvgIpc) is 2.55. The number of hydrogen-bond donors (Lipinski definition) is 1. The fourth-order valence-corrected chi connectivity index (χ4v) is 3.28. The number of nitriles is 1. The molecule has 0 aliphatic carbocycles. The summed E-state index contributed by atoms with van der Waals surface area (Å²) in [6, 6.07) is 16.2. The third kappa shape index (κ3) is 2.92. The van der Waals surface area contributed by atoms with Crippen molar-refractivity contribution in [1.82, 2.24) is 4.98 Å². The summed E-state index contributed by atoms with van der Waals surface area (Å²) in [6.07, 6.45) is 0. The highest BCUT2D eigenvalue weighted by molar-refractivity contribution is 6.39. The molecule has 3 aromatic rings. The summed E-state index contributed by atoms with van der Waals surface area (Å²) in [5.74, 6) is 0.0981. The lowest BCUT2D eigenvalue weighted by atomic mass is 9.98. The Labute approximate surface area is 154 Å². The first-order valence-corrected chi connectivity index (χ1v) is 8.06. The van der Waals surface area contributed by atoms with E-state index in [-0.39, 0.29) is 11.4 Å². The maximum atomic E-state index is 9.48. The Morgan fingerprint density at radius 2 is 1.50 bits per heavy atom. The first-order chi connectivity index (χ1) is 11.5. The second-order valence-corrected chi connectivity index (χ2v) is 6.23. The Balaban J connectivity index is 2.34. The first kappa shape index (κ1) is 16.6. The van der Waals surface area contributed by atoms with Crippen molar-refractivity contribution in [2.75, 3.05) is 5.73 Å². The third-order valence-electron chi connectivity index (χ3n) is 3.54. The summed E-state index contributed by atoms with van der Waals surface area (Å²) in [4.78, 5) is 4.31. The summed E-state index contributed by atoms with van der Waals surface area (Å²) < 4.78 is 0. The van der Waals surface area contributed by atoms with Crippen LogP contribution in [-0.2, 0) is 0 Å². The van der Waals surface area contributed by atoms with Crippen LogP contribution in [0.2, 0.25) is 15.1 Å². The van der Waals surface area contributed by atoms with E-state index in [0.717, 1.165) is 0 Å². The first-order valence-electron chi connectivity index (χ1n) is 6.93. The van der Waals surface area contributed by atoms with Gasteiger partial charge in [0.05, 0.1) is 5.69 Å². The normalized spacial score (nSPS) is 10.4. The summed E-state index contributed by atoms with van der Waals surface area (Å²) in [6.45, 7) is 0. The van der Waals surface area contributed by atoms with Gasteiger partial charge in [-0.1, -0.05) is 59.1 Å². The van der Waals surface area contributed by atoms with Gasteiger partial charge in [-0.25, -0.2) is 4.98 Å². The molecule has 3 rings (SSSR count). The van der Waals surface area contributed by atoms with E-state index in [1.807, 2.05) is 18.2 Å². The molecule has 0 bridgehead atoms. The van der Waals surface area contributed by atoms with Gasteiger partial charge in [0.1, 0.15) is 17.5 Å². The number of nitrogens with two attached hydrogens (primary N) is 1. The smallest absolute Gasteiger partial charge is 0.142 e. The summed E-state index contributed by atoms with van der Waals surface area (Å²) in [5, 5.41) is 10.9. The van der Waals surface area contributed by atoms with Crippen molar-refractivity contribution in [3.63, 3.8) is 0 Å².